The van der Waals surface area contributed by atoms with Crippen molar-refractivity contribution in [2.24, 2.45) is 11.7 Å². The zero-order valence-electron chi connectivity index (χ0n) is 9.64. The molecule has 2 N–H and O–H groups in total. The lowest BCUT2D eigenvalue weighted by Crippen LogP contribution is -2.51. The van der Waals surface area contributed by atoms with Crippen molar-refractivity contribution in [2.45, 2.75) is 39.4 Å². The van der Waals surface area contributed by atoms with Crippen LogP contribution in [0.4, 0.5) is 13.2 Å². The van der Waals surface area contributed by atoms with Gasteiger partial charge in [-0.3, -0.25) is 4.90 Å². The lowest BCUT2D eigenvalue weighted by atomic mass is 10.1. The summed E-state index contributed by atoms with van der Waals surface area (Å²) in [5.41, 5.74) is 5.19. The molecule has 0 radical (unpaired) electrons. The monoisotopic (exact) mass is 226 g/mol. The van der Waals surface area contributed by atoms with Gasteiger partial charge in [-0.05, 0) is 12.5 Å². The maximum Gasteiger partial charge on any atom is 0.405 e. The molecule has 0 aromatic heterocycles. The molecular formula is C10H21F3N2. The van der Waals surface area contributed by atoms with Gasteiger partial charge in [-0.15, -0.1) is 0 Å². The molecule has 0 heterocycles. The highest BCUT2D eigenvalue weighted by molar-refractivity contribution is 4.80. The van der Waals surface area contributed by atoms with Crippen molar-refractivity contribution in [2.75, 3.05) is 19.6 Å². The van der Waals surface area contributed by atoms with Crippen LogP contribution in [0.2, 0.25) is 0 Å². The molecule has 92 valence electrons. The maximum absolute atomic E-state index is 12.6. The van der Waals surface area contributed by atoms with E-state index in [1.165, 1.54) is 4.90 Å². The molecule has 0 aromatic carbocycles. The van der Waals surface area contributed by atoms with Gasteiger partial charge in [0.25, 0.3) is 0 Å². The third kappa shape index (κ3) is 4.84. The van der Waals surface area contributed by atoms with E-state index in [0.29, 0.717) is 13.1 Å². The van der Waals surface area contributed by atoms with Gasteiger partial charge < -0.3 is 5.73 Å². The second-order valence-electron chi connectivity index (χ2n) is 3.89. The summed E-state index contributed by atoms with van der Waals surface area (Å²) in [6.07, 6.45) is -3.34. The summed E-state index contributed by atoms with van der Waals surface area (Å²) < 4.78 is 37.8. The molecule has 0 saturated carbocycles. The summed E-state index contributed by atoms with van der Waals surface area (Å²) in [6.45, 7) is 6.13. The average molecular weight is 226 g/mol. The fourth-order valence-corrected chi connectivity index (χ4v) is 1.50. The summed E-state index contributed by atoms with van der Waals surface area (Å²) in [7, 11) is 0. The second kappa shape index (κ2) is 6.33. The van der Waals surface area contributed by atoms with E-state index in [1.54, 1.807) is 6.92 Å². The van der Waals surface area contributed by atoms with Crippen molar-refractivity contribution in [3.63, 3.8) is 0 Å². The SMILES string of the molecule is CCC(C)CN(CC)C(CN)C(F)(F)F. The lowest BCUT2D eigenvalue weighted by Gasteiger charge is -2.33. The molecule has 0 amide bonds. The highest BCUT2D eigenvalue weighted by Gasteiger charge is 2.42. The summed E-state index contributed by atoms with van der Waals surface area (Å²) in [6, 6.07) is -1.50. The summed E-state index contributed by atoms with van der Waals surface area (Å²) in [5, 5.41) is 0. The standard InChI is InChI=1S/C10H21F3N2/c1-4-8(3)7-15(5-2)9(6-14)10(11,12)13/h8-9H,4-7,14H2,1-3H3. The Hall–Kier alpha value is -0.290. The smallest absolute Gasteiger partial charge is 0.329 e. The molecular weight excluding hydrogens is 205 g/mol. The molecule has 2 unspecified atom stereocenters. The third-order valence-corrected chi connectivity index (χ3v) is 2.69. The molecule has 0 bridgehead atoms. The first-order valence-electron chi connectivity index (χ1n) is 5.37. The first-order valence-corrected chi connectivity index (χ1v) is 5.37. The molecule has 2 nitrogen and oxygen atoms in total. The summed E-state index contributed by atoms with van der Waals surface area (Å²) >= 11 is 0. The first kappa shape index (κ1) is 14.7. The second-order valence-corrected chi connectivity index (χ2v) is 3.89. The third-order valence-electron chi connectivity index (χ3n) is 2.69. The average Bonchev–Trinajstić information content (AvgIpc) is 2.14. The molecule has 0 aliphatic rings. The number of rotatable bonds is 6. The van der Waals surface area contributed by atoms with Gasteiger partial charge in [0.05, 0.1) is 0 Å². The van der Waals surface area contributed by atoms with Gasteiger partial charge in [-0.25, -0.2) is 0 Å². The van der Waals surface area contributed by atoms with Crippen LogP contribution in [0.15, 0.2) is 0 Å². The molecule has 0 rings (SSSR count). The van der Waals surface area contributed by atoms with Gasteiger partial charge in [-0.2, -0.15) is 13.2 Å². The number of likely N-dealkylation sites (N-methyl/N-ethyl adjacent to an activating group) is 1. The van der Waals surface area contributed by atoms with Crippen molar-refractivity contribution >= 4 is 0 Å². The van der Waals surface area contributed by atoms with Crippen molar-refractivity contribution < 1.29 is 13.2 Å². The maximum atomic E-state index is 12.6. The number of hydrogen-bond acceptors (Lipinski definition) is 2. The number of nitrogens with two attached hydrogens (primary N) is 1. The van der Waals surface area contributed by atoms with E-state index in [2.05, 4.69) is 0 Å². The van der Waals surface area contributed by atoms with Crippen LogP contribution in [-0.4, -0.2) is 36.8 Å². The molecule has 0 spiro atoms. The van der Waals surface area contributed by atoms with E-state index >= 15 is 0 Å². The van der Waals surface area contributed by atoms with Crippen LogP contribution in [0.3, 0.4) is 0 Å². The van der Waals surface area contributed by atoms with Crippen molar-refractivity contribution in [3.8, 4) is 0 Å². The Bertz CT molecular complexity index is 171. The van der Waals surface area contributed by atoms with Crippen molar-refractivity contribution in [3.05, 3.63) is 0 Å². The molecule has 0 aromatic rings. The number of alkyl halides is 3. The van der Waals surface area contributed by atoms with Crippen LogP contribution in [0, 0.1) is 5.92 Å². The topological polar surface area (TPSA) is 29.3 Å². The first-order chi connectivity index (χ1) is 6.86. The molecule has 0 fully saturated rings. The van der Waals surface area contributed by atoms with Crippen LogP contribution >= 0.6 is 0 Å². The van der Waals surface area contributed by atoms with Gasteiger partial charge >= 0.3 is 6.18 Å². The Morgan fingerprint density at radius 3 is 2.07 bits per heavy atom. The Morgan fingerprint density at radius 1 is 1.27 bits per heavy atom. The fraction of sp³-hybridized carbons (Fsp3) is 1.00. The van der Waals surface area contributed by atoms with Gasteiger partial charge in [-0.1, -0.05) is 27.2 Å². The van der Waals surface area contributed by atoms with Crippen molar-refractivity contribution in [1.29, 1.82) is 0 Å². The number of hydrogen-bond donors (Lipinski definition) is 1. The van der Waals surface area contributed by atoms with Crippen LogP contribution in [-0.2, 0) is 0 Å². The van der Waals surface area contributed by atoms with E-state index in [9.17, 15) is 13.2 Å². The zero-order valence-corrected chi connectivity index (χ0v) is 9.64. The highest BCUT2D eigenvalue weighted by Crippen LogP contribution is 2.24. The normalized spacial score (nSPS) is 16.8. The predicted molar refractivity (Wildman–Crippen MR) is 55.6 cm³/mol. The minimum absolute atomic E-state index is 0.265. The van der Waals surface area contributed by atoms with Crippen LogP contribution in [0.1, 0.15) is 27.2 Å². The van der Waals surface area contributed by atoms with Crippen molar-refractivity contribution in [1.82, 2.24) is 4.90 Å². The lowest BCUT2D eigenvalue weighted by molar-refractivity contribution is -0.181. The molecule has 2 atom stereocenters. The van der Waals surface area contributed by atoms with Crippen LogP contribution in [0.25, 0.3) is 0 Å². The molecule has 5 heteroatoms. The Kier molecular flexibility index (Phi) is 6.20. The van der Waals surface area contributed by atoms with Gasteiger partial charge in [0.1, 0.15) is 6.04 Å². The molecule has 0 saturated heterocycles. The molecule has 0 aliphatic carbocycles. The molecule has 0 aliphatic heterocycles. The Labute approximate surface area is 89.6 Å². The largest absolute Gasteiger partial charge is 0.405 e. The van der Waals surface area contributed by atoms with E-state index in [1.807, 2.05) is 13.8 Å². The van der Waals surface area contributed by atoms with E-state index in [-0.39, 0.29) is 12.5 Å². The summed E-state index contributed by atoms with van der Waals surface area (Å²) in [4.78, 5) is 1.41. The minimum atomic E-state index is -4.22. The van der Waals surface area contributed by atoms with E-state index in [4.69, 9.17) is 5.73 Å². The number of nitrogens with zero attached hydrogens (tertiary/aromatic N) is 1. The Balaban J connectivity index is 4.48. The fourth-order valence-electron chi connectivity index (χ4n) is 1.50. The van der Waals surface area contributed by atoms with Gasteiger partial charge in [0, 0.05) is 13.1 Å². The summed E-state index contributed by atoms with van der Waals surface area (Å²) in [5.74, 6) is 0.265. The minimum Gasteiger partial charge on any atom is -0.329 e. The Morgan fingerprint density at radius 2 is 1.80 bits per heavy atom. The zero-order chi connectivity index (χ0) is 12.1. The van der Waals surface area contributed by atoms with E-state index < -0.39 is 12.2 Å². The quantitative estimate of drug-likeness (QED) is 0.752. The van der Waals surface area contributed by atoms with Gasteiger partial charge in [0.2, 0.25) is 0 Å². The van der Waals surface area contributed by atoms with Gasteiger partial charge in [0.15, 0.2) is 0 Å². The van der Waals surface area contributed by atoms with Crippen LogP contribution in [0.5, 0.6) is 0 Å². The number of halogens is 3. The molecule has 15 heavy (non-hydrogen) atoms. The van der Waals surface area contributed by atoms with E-state index in [0.717, 1.165) is 6.42 Å². The highest BCUT2D eigenvalue weighted by atomic mass is 19.4. The van der Waals surface area contributed by atoms with Crippen LogP contribution < -0.4 is 5.73 Å². The predicted octanol–water partition coefficient (Wildman–Crippen LogP) is 2.24.